The molecule has 5 nitrogen and oxygen atoms in total. The summed E-state index contributed by atoms with van der Waals surface area (Å²) < 4.78 is 0. The van der Waals surface area contributed by atoms with E-state index in [1.54, 1.807) is 30.1 Å². The van der Waals surface area contributed by atoms with Gasteiger partial charge in [-0.15, -0.1) is 11.3 Å². The number of carbonyl (C=O) groups is 2. The number of rotatable bonds is 9. The molecule has 0 aliphatic carbocycles. The predicted molar refractivity (Wildman–Crippen MR) is 125 cm³/mol. The van der Waals surface area contributed by atoms with Gasteiger partial charge in [-0.2, -0.15) is 25.3 Å². The minimum absolute atomic E-state index is 0. The molecule has 0 fully saturated rings. The quantitative estimate of drug-likeness (QED) is 0.539. The Morgan fingerprint density at radius 2 is 1.97 bits per heavy atom. The third-order valence-corrected chi connectivity index (χ3v) is 5.67. The maximum absolute atomic E-state index is 12.9. The van der Waals surface area contributed by atoms with Crippen LogP contribution in [0.5, 0.6) is 0 Å². The van der Waals surface area contributed by atoms with Gasteiger partial charge in [0.25, 0.3) is 5.91 Å². The molecule has 0 aliphatic heterocycles. The molecule has 8 heteroatoms. The number of thiazole rings is 1. The second kappa shape index (κ2) is 11.7. The van der Waals surface area contributed by atoms with E-state index in [0.29, 0.717) is 12.0 Å². The molecular weight excluding hydrogens is 422 g/mol. The highest BCUT2D eigenvalue weighted by molar-refractivity contribution is 7.98. The number of carbonyl (C=O) groups excluding carboxylic acids is 2. The molecule has 3 rings (SSSR count). The van der Waals surface area contributed by atoms with Crippen LogP contribution in [0.2, 0.25) is 0 Å². The smallest absolute Gasteiger partial charge is 0.253 e. The maximum Gasteiger partial charge on any atom is 0.253 e. The fourth-order valence-corrected chi connectivity index (χ4v) is 3.98. The highest BCUT2D eigenvalue weighted by Crippen LogP contribution is 2.22. The van der Waals surface area contributed by atoms with Gasteiger partial charge in [0.1, 0.15) is 5.01 Å². The Hall–Kier alpha value is -2.16. The molecule has 1 atom stereocenters. The second-order valence-electron chi connectivity index (χ2n) is 6.18. The number of hydrogen-bond donors (Lipinski definition) is 1. The number of ketones is 1. The first-order chi connectivity index (χ1) is 13.7. The molecule has 0 radical (unpaired) electrons. The van der Waals surface area contributed by atoms with Crippen LogP contribution in [0, 0.1) is 0 Å². The monoisotopic (exact) mass is 445 g/mol. The van der Waals surface area contributed by atoms with E-state index in [9.17, 15) is 9.59 Å². The van der Waals surface area contributed by atoms with Gasteiger partial charge in [0, 0.05) is 23.3 Å². The standard InChI is InChI=1S/C21H21N3O2S2.H2S/c1-27-11-9-17(24-21(26)16-8-5-10-22-13-16)19(25)12-20-23-18(14-28-20)15-6-3-2-4-7-15;/h2-8,10,13-14,17H,9,11-12H2,1H3,(H,24,26);1H2/t17-;/m0./s1. The first kappa shape index (κ1) is 23.1. The molecule has 0 bridgehead atoms. The number of Topliss-reactive ketones (excluding diaryl/α,β-unsaturated/α-hetero) is 1. The molecule has 1 aromatic carbocycles. The maximum atomic E-state index is 12.9. The minimum atomic E-state index is -0.538. The molecule has 3 aromatic rings. The molecule has 2 aromatic heterocycles. The van der Waals surface area contributed by atoms with E-state index in [0.717, 1.165) is 22.0 Å². The van der Waals surface area contributed by atoms with Crippen LogP contribution in [0.4, 0.5) is 0 Å². The van der Waals surface area contributed by atoms with Gasteiger partial charge in [0.15, 0.2) is 5.78 Å². The Balaban J connectivity index is 0.00000300. The molecule has 1 amide bonds. The summed E-state index contributed by atoms with van der Waals surface area (Å²) >= 11 is 3.12. The largest absolute Gasteiger partial charge is 0.342 e. The molecule has 1 N–H and O–H groups in total. The van der Waals surface area contributed by atoms with Crippen molar-refractivity contribution < 1.29 is 9.59 Å². The average molecular weight is 446 g/mol. The van der Waals surface area contributed by atoms with Crippen LogP contribution in [-0.4, -0.2) is 39.7 Å². The fourth-order valence-electron chi connectivity index (χ4n) is 2.69. The molecule has 0 unspecified atom stereocenters. The van der Waals surface area contributed by atoms with E-state index in [2.05, 4.69) is 15.3 Å². The molecule has 0 aliphatic rings. The van der Waals surface area contributed by atoms with E-state index in [-0.39, 0.29) is 31.6 Å². The third kappa shape index (κ3) is 6.69. The van der Waals surface area contributed by atoms with Crippen molar-refractivity contribution in [3.05, 3.63) is 70.8 Å². The SMILES string of the molecule is CSCC[C@H](NC(=O)c1cccnc1)C(=O)Cc1nc(-c2ccccc2)cs1.S. The normalized spacial score (nSPS) is 11.3. The molecule has 29 heavy (non-hydrogen) atoms. The summed E-state index contributed by atoms with van der Waals surface area (Å²) in [5.74, 6) is 0.480. The lowest BCUT2D eigenvalue weighted by molar-refractivity contribution is -0.120. The van der Waals surface area contributed by atoms with E-state index in [4.69, 9.17) is 0 Å². The summed E-state index contributed by atoms with van der Waals surface area (Å²) in [7, 11) is 0. The first-order valence-electron chi connectivity index (χ1n) is 8.89. The summed E-state index contributed by atoms with van der Waals surface area (Å²) in [5, 5.41) is 5.58. The molecule has 0 saturated heterocycles. The number of benzene rings is 1. The van der Waals surface area contributed by atoms with Gasteiger partial charge in [-0.25, -0.2) is 4.98 Å². The van der Waals surface area contributed by atoms with Gasteiger partial charge in [-0.1, -0.05) is 30.3 Å². The van der Waals surface area contributed by atoms with Crippen LogP contribution in [0.15, 0.2) is 60.2 Å². The van der Waals surface area contributed by atoms with Crippen LogP contribution in [0.3, 0.4) is 0 Å². The Labute approximate surface area is 185 Å². The number of hydrogen-bond acceptors (Lipinski definition) is 6. The Morgan fingerprint density at radius 3 is 2.66 bits per heavy atom. The number of thioether (sulfide) groups is 1. The number of pyridine rings is 1. The van der Waals surface area contributed by atoms with Crippen molar-refractivity contribution in [2.75, 3.05) is 12.0 Å². The van der Waals surface area contributed by atoms with Crippen LogP contribution in [0.25, 0.3) is 11.3 Å². The highest BCUT2D eigenvalue weighted by atomic mass is 32.2. The van der Waals surface area contributed by atoms with Gasteiger partial charge in [-0.05, 0) is 30.6 Å². The third-order valence-electron chi connectivity index (χ3n) is 4.18. The van der Waals surface area contributed by atoms with E-state index in [1.807, 2.05) is 42.0 Å². The first-order valence-corrected chi connectivity index (χ1v) is 11.2. The second-order valence-corrected chi connectivity index (χ2v) is 8.11. The van der Waals surface area contributed by atoms with Crippen molar-refractivity contribution in [2.45, 2.75) is 18.9 Å². The molecule has 2 heterocycles. The van der Waals surface area contributed by atoms with Crippen molar-refractivity contribution >= 4 is 48.3 Å². The molecule has 0 spiro atoms. The van der Waals surface area contributed by atoms with Gasteiger partial charge >= 0.3 is 0 Å². The van der Waals surface area contributed by atoms with E-state index in [1.165, 1.54) is 17.5 Å². The zero-order valence-corrected chi connectivity index (χ0v) is 18.6. The van der Waals surface area contributed by atoms with Crippen LogP contribution in [0.1, 0.15) is 21.8 Å². The lowest BCUT2D eigenvalue weighted by atomic mass is 10.1. The predicted octanol–water partition coefficient (Wildman–Crippen LogP) is 3.98. The number of nitrogens with zero attached hydrogens (tertiary/aromatic N) is 2. The topological polar surface area (TPSA) is 72.0 Å². The molecular formula is C21H23N3O2S3. The van der Waals surface area contributed by atoms with Crippen molar-refractivity contribution in [3.63, 3.8) is 0 Å². The van der Waals surface area contributed by atoms with Gasteiger partial charge in [-0.3, -0.25) is 14.6 Å². The Morgan fingerprint density at radius 1 is 1.17 bits per heavy atom. The molecule has 0 saturated carbocycles. The van der Waals surface area contributed by atoms with Crippen molar-refractivity contribution in [2.24, 2.45) is 0 Å². The van der Waals surface area contributed by atoms with Crippen molar-refractivity contribution in [1.82, 2.24) is 15.3 Å². The molecule has 152 valence electrons. The summed E-state index contributed by atoms with van der Waals surface area (Å²) in [4.78, 5) is 33.9. The van der Waals surface area contributed by atoms with Crippen molar-refractivity contribution in [3.8, 4) is 11.3 Å². The van der Waals surface area contributed by atoms with E-state index < -0.39 is 6.04 Å². The zero-order valence-electron chi connectivity index (χ0n) is 16.0. The van der Waals surface area contributed by atoms with Crippen LogP contribution >= 0.6 is 36.6 Å². The van der Waals surface area contributed by atoms with Gasteiger partial charge in [0.05, 0.1) is 23.7 Å². The lowest BCUT2D eigenvalue weighted by Crippen LogP contribution is -2.42. The number of amides is 1. The highest BCUT2D eigenvalue weighted by Gasteiger charge is 2.22. The minimum Gasteiger partial charge on any atom is -0.342 e. The summed E-state index contributed by atoms with van der Waals surface area (Å²) in [6.07, 6.45) is 5.89. The lowest BCUT2D eigenvalue weighted by Gasteiger charge is -2.17. The Kier molecular flexibility index (Phi) is 9.37. The number of aromatic nitrogens is 2. The van der Waals surface area contributed by atoms with Gasteiger partial charge in [0.2, 0.25) is 0 Å². The average Bonchev–Trinajstić information content (AvgIpc) is 3.20. The summed E-state index contributed by atoms with van der Waals surface area (Å²) in [6, 6.07) is 12.7. The number of nitrogens with one attached hydrogen (secondary N) is 1. The van der Waals surface area contributed by atoms with Crippen molar-refractivity contribution in [1.29, 1.82) is 0 Å². The summed E-state index contributed by atoms with van der Waals surface area (Å²) in [5.41, 5.74) is 2.35. The summed E-state index contributed by atoms with van der Waals surface area (Å²) in [6.45, 7) is 0. The zero-order chi connectivity index (χ0) is 19.8. The van der Waals surface area contributed by atoms with E-state index >= 15 is 0 Å². The van der Waals surface area contributed by atoms with Crippen LogP contribution in [-0.2, 0) is 11.2 Å². The van der Waals surface area contributed by atoms with Crippen LogP contribution < -0.4 is 5.32 Å². The fraction of sp³-hybridized carbons (Fsp3) is 0.238. The Bertz CT molecular complexity index is 917. The van der Waals surface area contributed by atoms with Gasteiger partial charge < -0.3 is 5.32 Å².